The zero-order valence-electron chi connectivity index (χ0n) is 13.5. The van der Waals surface area contributed by atoms with E-state index >= 15 is 0 Å². The lowest BCUT2D eigenvalue weighted by Crippen LogP contribution is -2.29. The van der Waals surface area contributed by atoms with Gasteiger partial charge in [0.05, 0.1) is 0 Å². The number of benzene rings is 1. The number of rotatable bonds is 3. The number of aromatic nitrogens is 1. The maximum absolute atomic E-state index is 14.3. The number of amides is 1. The highest BCUT2D eigenvalue weighted by molar-refractivity contribution is 6.30. The van der Waals surface area contributed by atoms with Crippen LogP contribution in [0.2, 0.25) is 5.02 Å². The Morgan fingerprint density at radius 1 is 1.32 bits per heavy atom. The van der Waals surface area contributed by atoms with Gasteiger partial charge in [-0.05, 0) is 43.5 Å². The number of carbonyl (C=O) groups excluding carboxylic acids is 1. The molecule has 0 spiro atoms. The first-order chi connectivity index (χ1) is 11.6. The van der Waals surface area contributed by atoms with Crippen molar-refractivity contribution in [3.05, 3.63) is 46.0 Å². The zero-order chi connectivity index (χ0) is 18.5. The Balaban J connectivity index is 2.20. The number of H-pyrrole nitrogens is 1. The van der Waals surface area contributed by atoms with Gasteiger partial charge in [-0.25, -0.2) is 4.39 Å². The van der Waals surface area contributed by atoms with Gasteiger partial charge in [0.25, 0.3) is 5.91 Å². The Labute approximate surface area is 146 Å². The van der Waals surface area contributed by atoms with E-state index < -0.39 is 23.6 Å². The smallest absolute Gasteiger partial charge is 0.346 e. The molecule has 25 heavy (non-hydrogen) atoms. The highest BCUT2D eigenvalue weighted by atomic mass is 35.5. The molecule has 3 rings (SSSR count). The molecule has 8 heteroatoms. The van der Waals surface area contributed by atoms with E-state index in [0.717, 1.165) is 18.9 Å². The lowest BCUT2D eigenvalue weighted by atomic mass is 9.99. The van der Waals surface area contributed by atoms with Crippen LogP contribution in [0.1, 0.15) is 34.6 Å². The molecule has 1 amide bonds. The fourth-order valence-electron chi connectivity index (χ4n) is 2.87. The number of aromatic amines is 1. The quantitative estimate of drug-likeness (QED) is 0.751. The van der Waals surface area contributed by atoms with Gasteiger partial charge in [0.1, 0.15) is 17.2 Å². The number of hydrogen-bond donors (Lipinski definition) is 1. The average Bonchev–Trinajstić information content (AvgIpc) is 3.29. The fraction of sp³-hybridized carbons (Fsp3) is 0.353. The molecule has 1 heterocycles. The van der Waals surface area contributed by atoms with Crippen LogP contribution >= 0.6 is 11.6 Å². The minimum absolute atomic E-state index is 0.00774. The number of nitrogens with one attached hydrogen (secondary N) is 1. The SMILES string of the molecule is Cc1c(C(F)(F)F)[nH]c(C(=O)N(C)C2CC2)c1-c1ccc(Cl)cc1F. The molecular formula is C17H15ClF4N2O. The second kappa shape index (κ2) is 6.05. The van der Waals surface area contributed by atoms with Gasteiger partial charge in [-0.15, -0.1) is 0 Å². The van der Waals surface area contributed by atoms with Crippen molar-refractivity contribution in [2.45, 2.75) is 32.0 Å². The second-order valence-corrected chi connectivity index (χ2v) is 6.58. The van der Waals surface area contributed by atoms with Crippen molar-refractivity contribution >= 4 is 17.5 Å². The number of halogens is 5. The molecule has 1 aliphatic carbocycles. The summed E-state index contributed by atoms with van der Waals surface area (Å²) in [6, 6.07) is 3.67. The van der Waals surface area contributed by atoms with E-state index in [2.05, 4.69) is 4.98 Å². The lowest BCUT2D eigenvalue weighted by Gasteiger charge is -2.17. The molecular weight excluding hydrogens is 360 g/mol. The van der Waals surface area contributed by atoms with E-state index in [4.69, 9.17) is 11.6 Å². The van der Waals surface area contributed by atoms with Crippen LogP contribution in [0.5, 0.6) is 0 Å². The predicted octanol–water partition coefficient (Wildman–Crippen LogP) is 5.04. The summed E-state index contributed by atoms with van der Waals surface area (Å²) >= 11 is 5.72. The Bertz CT molecular complexity index is 840. The van der Waals surface area contributed by atoms with Gasteiger partial charge in [-0.2, -0.15) is 13.2 Å². The molecule has 2 aromatic rings. The third-order valence-corrected chi connectivity index (χ3v) is 4.60. The van der Waals surface area contributed by atoms with E-state index in [1.807, 2.05) is 0 Å². The van der Waals surface area contributed by atoms with Crippen LogP contribution in [0, 0.1) is 12.7 Å². The summed E-state index contributed by atoms with van der Waals surface area (Å²) < 4.78 is 54.2. The van der Waals surface area contributed by atoms with Crippen LogP contribution in [-0.4, -0.2) is 28.9 Å². The summed E-state index contributed by atoms with van der Waals surface area (Å²) in [6.45, 7) is 1.22. The predicted molar refractivity (Wildman–Crippen MR) is 86.1 cm³/mol. The van der Waals surface area contributed by atoms with Crippen molar-refractivity contribution < 1.29 is 22.4 Å². The molecule has 1 aromatic carbocycles. The van der Waals surface area contributed by atoms with Crippen LogP contribution < -0.4 is 0 Å². The summed E-state index contributed by atoms with van der Waals surface area (Å²) in [6.07, 6.45) is -3.07. The Morgan fingerprint density at radius 2 is 1.96 bits per heavy atom. The average molecular weight is 375 g/mol. The highest BCUT2D eigenvalue weighted by Gasteiger charge is 2.40. The molecule has 1 aromatic heterocycles. The molecule has 1 fully saturated rings. The summed E-state index contributed by atoms with van der Waals surface area (Å²) in [5.41, 5.74) is -1.72. The molecule has 0 unspecified atom stereocenters. The van der Waals surface area contributed by atoms with Crippen molar-refractivity contribution in [3.8, 4) is 11.1 Å². The number of nitrogens with zero attached hydrogens (tertiary/aromatic N) is 1. The van der Waals surface area contributed by atoms with Crippen LogP contribution in [-0.2, 0) is 6.18 Å². The van der Waals surface area contributed by atoms with E-state index in [0.29, 0.717) is 0 Å². The van der Waals surface area contributed by atoms with Crippen molar-refractivity contribution in [3.63, 3.8) is 0 Å². The first-order valence-corrected chi connectivity index (χ1v) is 8.01. The maximum Gasteiger partial charge on any atom is 0.431 e. The number of alkyl halides is 3. The van der Waals surface area contributed by atoms with Crippen LogP contribution in [0.3, 0.4) is 0 Å². The molecule has 0 radical (unpaired) electrons. The standard InChI is InChI=1S/C17H15ClF4N2O/c1-8-13(11-6-3-9(18)7-12(11)19)14(23-15(8)17(20,21)22)16(25)24(2)10-4-5-10/h3,6-7,10,23H,4-5H2,1-2H3. The van der Waals surface area contributed by atoms with Gasteiger partial charge < -0.3 is 9.88 Å². The summed E-state index contributed by atoms with van der Waals surface area (Å²) in [7, 11) is 1.53. The van der Waals surface area contributed by atoms with Gasteiger partial charge in [-0.3, -0.25) is 4.79 Å². The lowest BCUT2D eigenvalue weighted by molar-refractivity contribution is -0.141. The van der Waals surface area contributed by atoms with Gasteiger partial charge in [0, 0.05) is 29.2 Å². The van der Waals surface area contributed by atoms with Crippen molar-refractivity contribution in [2.75, 3.05) is 7.05 Å². The van der Waals surface area contributed by atoms with Crippen LogP contribution in [0.4, 0.5) is 17.6 Å². The molecule has 134 valence electrons. The van der Waals surface area contributed by atoms with Crippen molar-refractivity contribution in [2.24, 2.45) is 0 Å². The molecule has 0 aliphatic heterocycles. The van der Waals surface area contributed by atoms with Gasteiger partial charge in [-0.1, -0.05) is 11.6 Å². The molecule has 1 N–H and O–H groups in total. The maximum atomic E-state index is 14.3. The first kappa shape index (κ1) is 17.8. The summed E-state index contributed by atoms with van der Waals surface area (Å²) in [5.74, 6) is -1.38. The van der Waals surface area contributed by atoms with E-state index in [1.54, 1.807) is 0 Å². The zero-order valence-corrected chi connectivity index (χ0v) is 14.2. The van der Waals surface area contributed by atoms with Gasteiger partial charge in [0.2, 0.25) is 0 Å². The largest absolute Gasteiger partial charge is 0.431 e. The number of carbonyl (C=O) groups is 1. The second-order valence-electron chi connectivity index (χ2n) is 6.14. The minimum atomic E-state index is -4.68. The Hall–Kier alpha value is -2.02. The molecule has 1 saturated carbocycles. The topological polar surface area (TPSA) is 36.1 Å². The van der Waals surface area contributed by atoms with Crippen molar-refractivity contribution in [1.29, 1.82) is 0 Å². The first-order valence-electron chi connectivity index (χ1n) is 7.63. The van der Waals surface area contributed by atoms with E-state index in [-0.39, 0.29) is 33.4 Å². The Kier molecular flexibility index (Phi) is 4.31. The molecule has 0 bridgehead atoms. The monoisotopic (exact) mass is 374 g/mol. The normalized spacial score (nSPS) is 14.7. The molecule has 0 atom stereocenters. The van der Waals surface area contributed by atoms with Gasteiger partial charge >= 0.3 is 6.18 Å². The van der Waals surface area contributed by atoms with Crippen molar-refractivity contribution in [1.82, 2.24) is 9.88 Å². The third-order valence-electron chi connectivity index (χ3n) is 4.36. The summed E-state index contributed by atoms with van der Waals surface area (Å²) in [4.78, 5) is 16.2. The summed E-state index contributed by atoms with van der Waals surface area (Å²) in [5, 5.41) is 0.119. The third kappa shape index (κ3) is 3.25. The molecule has 3 nitrogen and oxygen atoms in total. The van der Waals surface area contributed by atoms with Crippen LogP contribution in [0.15, 0.2) is 18.2 Å². The Morgan fingerprint density at radius 3 is 2.48 bits per heavy atom. The van der Waals surface area contributed by atoms with E-state index in [1.165, 1.54) is 31.0 Å². The molecule has 1 aliphatic rings. The minimum Gasteiger partial charge on any atom is -0.346 e. The van der Waals surface area contributed by atoms with Crippen LogP contribution in [0.25, 0.3) is 11.1 Å². The van der Waals surface area contributed by atoms with Gasteiger partial charge in [0.15, 0.2) is 0 Å². The highest BCUT2D eigenvalue weighted by Crippen LogP contribution is 2.40. The molecule has 0 saturated heterocycles. The number of hydrogen-bond acceptors (Lipinski definition) is 1. The fourth-order valence-corrected chi connectivity index (χ4v) is 3.03. The van der Waals surface area contributed by atoms with E-state index in [9.17, 15) is 22.4 Å².